The molecule has 1 unspecified atom stereocenters. The van der Waals surface area contributed by atoms with Crippen LogP contribution in [0.15, 0.2) is 53.4 Å². The fourth-order valence-corrected chi connectivity index (χ4v) is 2.63. The smallest absolute Gasteiger partial charge is 0.175 e. The van der Waals surface area contributed by atoms with Gasteiger partial charge in [-0.1, -0.05) is 42.0 Å². The highest BCUT2D eigenvalue weighted by atomic mass is 32.2. The number of sulfone groups is 1. The summed E-state index contributed by atoms with van der Waals surface area (Å²) in [6, 6.07) is 14.4. The number of benzene rings is 2. The highest BCUT2D eigenvalue weighted by Crippen LogP contribution is 2.20. The van der Waals surface area contributed by atoms with Gasteiger partial charge in [0.25, 0.3) is 0 Å². The molecule has 0 aliphatic heterocycles. The Labute approximate surface area is 119 Å². The number of hydrogen-bond donors (Lipinski definition) is 1. The number of aryl methyl sites for hydroxylation is 1. The summed E-state index contributed by atoms with van der Waals surface area (Å²) < 4.78 is 22.7. The second-order valence-corrected chi connectivity index (χ2v) is 7.06. The molecule has 0 aliphatic carbocycles. The van der Waals surface area contributed by atoms with Gasteiger partial charge in [-0.15, -0.1) is 0 Å². The van der Waals surface area contributed by atoms with Crippen LogP contribution in [0.1, 0.15) is 22.8 Å². The summed E-state index contributed by atoms with van der Waals surface area (Å²) in [5, 5.41) is 10.2. The van der Waals surface area contributed by atoms with Crippen LogP contribution in [0.4, 0.5) is 0 Å². The summed E-state index contributed by atoms with van der Waals surface area (Å²) in [4.78, 5) is 0.267. The van der Waals surface area contributed by atoms with Crippen LogP contribution >= 0.6 is 0 Å². The number of hydrogen-bond acceptors (Lipinski definition) is 3. The lowest BCUT2D eigenvalue weighted by Crippen LogP contribution is -2.03. The van der Waals surface area contributed by atoms with Crippen LogP contribution < -0.4 is 0 Å². The van der Waals surface area contributed by atoms with Crippen LogP contribution in [0.25, 0.3) is 0 Å². The van der Waals surface area contributed by atoms with E-state index in [1.54, 1.807) is 12.1 Å². The summed E-state index contributed by atoms with van der Waals surface area (Å²) in [7, 11) is -3.19. The molecule has 3 nitrogen and oxygen atoms in total. The van der Waals surface area contributed by atoms with Gasteiger partial charge in [-0.3, -0.25) is 0 Å². The molecule has 0 spiro atoms. The zero-order chi connectivity index (χ0) is 14.8. The SMILES string of the molecule is Cc1ccc(CC(O)c2ccc(S(C)(=O)=O)cc2)cc1. The first-order valence-electron chi connectivity index (χ1n) is 6.40. The van der Waals surface area contributed by atoms with E-state index in [9.17, 15) is 13.5 Å². The van der Waals surface area contributed by atoms with Crippen LogP contribution in [0.5, 0.6) is 0 Å². The van der Waals surface area contributed by atoms with Crippen LogP contribution in [-0.2, 0) is 16.3 Å². The van der Waals surface area contributed by atoms with Crippen molar-refractivity contribution in [1.29, 1.82) is 0 Å². The van der Waals surface area contributed by atoms with Crippen molar-refractivity contribution in [3.8, 4) is 0 Å². The highest BCUT2D eigenvalue weighted by molar-refractivity contribution is 7.90. The topological polar surface area (TPSA) is 54.4 Å². The Kier molecular flexibility index (Phi) is 4.26. The maximum atomic E-state index is 11.4. The Hall–Kier alpha value is -1.65. The van der Waals surface area contributed by atoms with Crippen LogP contribution in [-0.4, -0.2) is 19.8 Å². The average molecular weight is 290 g/mol. The predicted molar refractivity (Wildman–Crippen MR) is 79.4 cm³/mol. The van der Waals surface area contributed by atoms with E-state index in [1.807, 2.05) is 31.2 Å². The van der Waals surface area contributed by atoms with Gasteiger partial charge in [0.05, 0.1) is 11.0 Å². The molecule has 2 rings (SSSR count). The minimum Gasteiger partial charge on any atom is -0.388 e. The van der Waals surface area contributed by atoms with Gasteiger partial charge in [0, 0.05) is 12.7 Å². The van der Waals surface area contributed by atoms with Crippen molar-refractivity contribution in [2.24, 2.45) is 0 Å². The molecule has 0 saturated carbocycles. The summed E-state index contributed by atoms with van der Waals surface area (Å²) in [5.74, 6) is 0. The number of aliphatic hydroxyl groups is 1. The monoisotopic (exact) mass is 290 g/mol. The molecule has 0 fully saturated rings. The Bertz CT molecular complexity index is 671. The van der Waals surface area contributed by atoms with Gasteiger partial charge < -0.3 is 5.11 Å². The fraction of sp³-hybridized carbons (Fsp3) is 0.250. The molecule has 0 radical (unpaired) electrons. The van der Waals surface area contributed by atoms with Crippen molar-refractivity contribution >= 4 is 9.84 Å². The lowest BCUT2D eigenvalue weighted by Gasteiger charge is -2.12. The van der Waals surface area contributed by atoms with Crippen LogP contribution in [0.3, 0.4) is 0 Å². The van der Waals surface area contributed by atoms with Gasteiger partial charge in [0.2, 0.25) is 0 Å². The predicted octanol–water partition coefficient (Wildman–Crippen LogP) is 2.67. The summed E-state index contributed by atoms with van der Waals surface area (Å²) in [6.45, 7) is 2.02. The molecule has 0 heterocycles. The van der Waals surface area contributed by atoms with Gasteiger partial charge >= 0.3 is 0 Å². The van der Waals surface area contributed by atoms with E-state index in [2.05, 4.69) is 0 Å². The normalized spacial score (nSPS) is 13.2. The molecule has 106 valence electrons. The Morgan fingerprint density at radius 1 is 1.00 bits per heavy atom. The molecule has 0 aliphatic rings. The average Bonchev–Trinajstić information content (AvgIpc) is 2.40. The van der Waals surface area contributed by atoms with E-state index < -0.39 is 15.9 Å². The molecule has 0 bridgehead atoms. The third-order valence-corrected chi connectivity index (χ3v) is 4.37. The second kappa shape index (κ2) is 5.77. The molecule has 4 heteroatoms. The fourth-order valence-electron chi connectivity index (χ4n) is 2.00. The molecular weight excluding hydrogens is 272 g/mol. The van der Waals surface area contributed by atoms with E-state index in [0.29, 0.717) is 6.42 Å². The van der Waals surface area contributed by atoms with Crippen molar-refractivity contribution in [2.75, 3.05) is 6.26 Å². The minimum absolute atomic E-state index is 0.267. The lowest BCUT2D eigenvalue weighted by atomic mass is 10.0. The van der Waals surface area contributed by atoms with E-state index in [4.69, 9.17) is 0 Å². The highest BCUT2D eigenvalue weighted by Gasteiger charge is 2.11. The van der Waals surface area contributed by atoms with E-state index in [-0.39, 0.29) is 4.90 Å². The van der Waals surface area contributed by atoms with E-state index in [1.165, 1.54) is 24.0 Å². The Morgan fingerprint density at radius 2 is 1.55 bits per heavy atom. The molecule has 2 aromatic carbocycles. The van der Waals surface area contributed by atoms with Crippen LogP contribution in [0.2, 0.25) is 0 Å². The molecule has 0 amide bonds. The first-order chi connectivity index (χ1) is 9.36. The van der Waals surface area contributed by atoms with Gasteiger partial charge in [-0.05, 0) is 30.2 Å². The van der Waals surface area contributed by atoms with Crippen molar-refractivity contribution in [2.45, 2.75) is 24.3 Å². The molecule has 20 heavy (non-hydrogen) atoms. The molecule has 0 aromatic heterocycles. The quantitative estimate of drug-likeness (QED) is 0.942. The maximum Gasteiger partial charge on any atom is 0.175 e. The summed E-state index contributed by atoms with van der Waals surface area (Å²) in [5.41, 5.74) is 2.95. The maximum absolute atomic E-state index is 11.4. The third kappa shape index (κ3) is 3.68. The Morgan fingerprint density at radius 3 is 2.05 bits per heavy atom. The zero-order valence-electron chi connectivity index (χ0n) is 11.6. The van der Waals surface area contributed by atoms with Gasteiger partial charge in [-0.2, -0.15) is 0 Å². The molecule has 2 aromatic rings. The molecular formula is C16H18O3S. The van der Waals surface area contributed by atoms with E-state index >= 15 is 0 Å². The van der Waals surface area contributed by atoms with Gasteiger partial charge in [0.15, 0.2) is 9.84 Å². The minimum atomic E-state index is -3.19. The van der Waals surface area contributed by atoms with Crippen LogP contribution in [0, 0.1) is 6.92 Å². The van der Waals surface area contributed by atoms with E-state index in [0.717, 1.165) is 11.1 Å². The molecule has 1 atom stereocenters. The van der Waals surface area contributed by atoms with Crippen molar-refractivity contribution in [1.82, 2.24) is 0 Å². The Balaban J connectivity index is 2.13. The summed E-state index contributed by atoms with van der Waals surface area (Å²) >= 11 is 0. The molecule has 0 saturated heterocycles. The first-order valence-corrected chi connectivity index (χ1v) is 8.29. The lowest BCUT2D eigenvalue weighted by molar-refractivity contribution is 0.178. The second-order valence-electron chi connectivity index (χ2n) is 5.05. The molecule has 1 N–H and O–H groups in total. The van der Waals surface area contributed by atoms with Crippen molar-refractivity contribution < 1.29 is 13.5 Å². The van der Waals surface area contributed by atoms with Gasteiger partial charge in [0.1, 0.15) is 0 Å². The standard InChI is InChI=1S/C16H18O3S/c1-12-3-5-13(6-4-12)11-16(17)14-7-9-15(10-8-14)20(2,18)19/h3-10,16-17H,11H2,1-2H3. The first kappa shape index (κ1) is 14.8. The largest absolute Gasteiger partial charge is 0.388 e. The number of rotatable bonds is 4. The third-order valence-electron chi connectivity index (χ3n) is 3.24. The number of aliphatic hydroxyl groups excluding tert-OH is 1. The van der Waals surface area contributed by atoms with Crippen molar-refractivity contribution in [3.05, 3.63) is 65.2 Å². The van der Waals surface area contributed by atoms with Crippen molar-refractivity contribution in [3.63, 3.8) is 0 Å². The van der Waals surface area contributed by atoms with Gasteiger partial charge in [-0.25, -0.2) is 8.42 Å². The zero-order valence-corrected chi connectivity index (χ0v) is 12.4. The summed E-state index contributed by atoms with van der Waals surface area (Å²) in [6.07, 6.45) is 1.05.